The predicted molar refractivity (Wildman–Crippen MR) is 52.7 cm³/mol. The zero-order valence-electron chi connectivity index (χ0n) is 6.54. The molecular formula is C7H6N4S2. The van der Waals surface area contributed by atoms with Crippen molar-refractivity contribution in [1.82, 2.24) is 15.0 Å². The van der Waals surface area contributed by atoms with Gasteiger partial charge < -0.3 is 5.73 Å². The Morgan fingerprint density at radius 1 is 1.38 bits per heavy atom. The van der Waals surface area contributed by atoms with Crippen LogP contribution in [0, 0.1) is 0 Å². The summed E-state index contributed by atoms with van der Waals surface area (Å²) in [5, 5.41) is 2.69. The quantitative estimate of drug-likeness (QED) is 0.816. The summed E-state index contributed by atoms with van der Waals surface area (Å²) in [6.45, 7) is 0. The van der Waals surface area contributed by atoms with Gasteiger partial charge in [-0.2, -0.15) is 0 Å². The van der Waals surface area contributed by atoms with Gasteiger partial charge in [0.1, 0.15) is 10.8 Å². The van der Waals surface area contributed by atoms with Crippen LogP contribution in [0.15, 0.2) is 33.3 Å². The molecule has 0 atom stereocenters. The summed E-state index contributed by atoms with van der Waals surface area (Å²) in [7, 11) is 0. The third-order valence-corrected chi connectivity index (χ3v) is 3.02. The van der Waals surface area contributed by atoms with Gasteiger partial charge in [0.15, 0.2) is 4.34 Å². The highest BCUT2D eigenvalue weighted by molar-refractivity contribution is 8.00. The highest BCUT2D eigenvalue weighted by Gasteiger charge is 2.01. The van der Waals surface area contributed by atoms with E-state index >= 15 is 0 Å². The molecule has 2 heterocycles. The largest absolute Gasteiger partial charge is 0.382 e. The maximum absolute atomic E-state index is 5.48. The van der Waals surface area contributed by atoms with Crippen molar-refractivity contribution < 1.29 is 0 Å². The fraction of sp³-hybridized carbons (Fsp3) is 0. The van der Waals surface area contributed by atoms with Crippen molar-refractivity contribution in [3.63, 3.8) is 0 Å². The molecule has 0 saturated heterocycles. The lowest BCUT2D eigenvalue weighted by Gasteiger charge is -1.96. The van der Waals surface area contributed by atoms with E-state index in [2.05, 4.69) is 15.0 Å². The summed E-state index contributed by atoms with van der Waals surface area (Å²) in [6, 6.07) is 0. The number of nitrogens with two attached hydrogens (primary N) is 1. The molecule has 0 aliphatic carbocycles. The second-order valence-corrected chi connectivity index (χ2v) is 4.34. The van der Waals surface area contributed by atoms with Gasteiger partial charge in [0, 0.05) is 11.6 Å². The fourth-order valence-corrected chi connectivity index (χ4v) is 2.29. The Bertz CT molecular complexity index is 387. The maximum Gasteiger partial charge on any atom is 0.156 e. The lowest BCUT2D eigenvalue weighted by molar-refractivity contribution is 1.06. The Hall–Kier alpha value is -1.14. The minimum atomic E-state index is 0.432. The molecule has 2 aromatic heterocycles. The van der Waals surface area contributed by atoms with E-state index in [1.165, 1.54) is 18.0 Å². The van der Waals surface area contributed by atoms with Crippen molar-refractivity contribution in [1.29, 1.82) is 0 Å². The molecule has 0 fully saturated rings. The van der Waals surface area contributed by atoms with Crippen LogP contribution in [0.2, 0.25) is 0 Å². The van der Waals surface area contributed by atoms with Gasteiger partial charge in [0.05, 0.1) is 12.4 Å². The number of anilines is 1. The topological polar surface area (TPSA) is 64.7 Å². The van der Waals surface area contributed by atoms with E-state index < -0.39 is 0 Å². The molecular weight excluding hydrogens is 204 g/mol. The van der Waals surface area contributed by atoms with Gasteiger partial charge in [0.2, 0.25) is 0 Å². The van der Waals surface area contributed by atoms with Gasteiger partial charge in [-0.15, -0.1) is 11.3 Å². The zero-order valence-corrected chi connectivity index (χ0v) is 8.18. The Morgan fingerprint density at radius 2 is 2.31 bits per heavy atom. The standard InChI is InChI=1S/C7H6N4S2/c8-5-3-9-4-6(11-5)13-7-10-1-2-12-7/h1-4H,(H2,8,11). The van der Waals surface area contributed by atoms with Crippen molar-refractivity contribution >= 4 is 28.9 Å². The Morgan fingerprint density at radius 3 is 3.00 bits per heavy atom. The molecule has 0 aliphatic rings. The molecule has 4 nitrogen and oxygen atoms in total. The minimum absolute atomic E-state index is 0.432. The van der Waals surface area contributed by atoms with Crippen molar-refractivity contribution in [2.45, 2.75) is 9.37 Å². The van der Waals surface area contributed by atoms with Crippen LogP contribution in [0.4, 0.5) is 5.82 Å². The van der Waals surface area contributed by atoms with Crippen LogP contribution in [0.3, 0.4) is 0 Å². The molecule has 6 heteroatoms. The highest BCUT2D eigenvalue weighted by atomic mass is 32.2. The van der Waals surface area contributed by atoms with E-state index in [4.69, 9.17) is 5.73 Å². The lowest BCUT2D eigenvalue weighted by atomic mass is 10.7. The van der Waals surface area contributed by atoms with E-state index in [0.717, 1.165) is 9.37 Å². The summed E-state index contributed by atoms with van der Waals surface area (Å²) >= 11 is 3.03. The molecule has 0 saturated carbocycles. The zero-order chi connectivity index (χ0) is 9.10. The molecule has 2 N–H and O–H groups in total. The number of rotatable bonds is 2. The molecule has 0 aromatic carbocycles. The van der Waals surface area contributed by atoms with E-state index in [1.807, 2.05) is 5.38 Å². The molecule has 0 spiro atoms. The normalized spacial score (nSPS) is 10.2. The van der Waals surface area contributed by atoms with Crippen molar-refractivity contribution in [2.24, 2.45) is 0 Å². The van der Waals surface area contributed by atoms with Gasteiger partial charge in [-0.1, -0.05) is 0 Å². The molecule has 66 valence electrons. The third-order valence-electron chi connectivity index (χ3n) is 1.23. The summed E-state index contributed by atoms with van der Waals surface area (Å²) in [6.07, 6.45) is 4.95. The molecule has 0 unspecified atom stereocenters. The Kier molecular flexibility index (Phi) is 2.42. The average Bonchev–Trinajstić information content (AvgIpc) is 2.57. The summed E-state index contributed by atoms with van der Waals surface area (Å²) in [5.41, 5.74) is 5.48. The van der Waals surface area contributed by atoms with E-state index in [-0.39, 0.29) is 0 Å². The number of aromatic nitrogens is 3. The SMILES string of the molecule is Nc1cncc(Sc2nccs2)n1. The molecule has 13 heavy (non-hydrogen) atoms. The van der Waals surface area contributed by atoms with Crippen LogP contribution in [0.25, 0.3) is 0 Å². The second-order valence-electron chi connectivity index (χ2n) is 2.18. The monoisotopic (exact) mass is 210 g/mol. The predicted octanol–water partition coefficient (Wildman–Crippen LogP) is 1.67. The Balaban J connectivity index is 2.19. The summed E-state index contributed by atoms with van der Waals surface area (Å²) in [5.74, 6) is 0.432. The van der Waals surface area contributed by atoms with Crippen LogP contribution in [0.1, 0.15) is 0 Å². The van der Waals surface area contributed by atoms with E-state index in [1.54, 1.807) is 23.7 Å². The first-order chi connectivity index (χ1) is 6.34. The molecule has 0 radical (unpaired) electrons. The minimum Gasteiger partial charge on any atom is -0.382 e. The van der Waals surface area contributed by atoms with E-state index in [0.29, 0.717) is 5.82 Å². The van der Waals surface area contributed by atoms with Crippen LogP contribution in [-0.4, -0.2) is 15.0 Å². The van der Waals surface area contributed by atoms with Gasteiger partial charge in [-0.25, -0.2) is 9.97 Å². The van der Waals surface area contributed by atoms with Crippen LogP contribution in [0.5, 0.6) is 0 Å². The highest BCUT2D eigenvalue weighted by Crippen LogP contribution is 2.27. The average molecular weight is 210 g/mol. The first-order valence-corrected chi connectivity index (χ1v) is 5.19. The molecule has 2 rings (SSSR count). The van der Waals surface area contributed by atoms with Gasteiger partial charge in [0.25, 0.3) is 0 Å². The first-order valence-electron chi connectivity index (χ1n) is 3.49. The molecule has 0 amide bonds. The van der Waals surface area contributed by atoms with E-state index in [9.17, 15) is 0 Å². The van der Waals surface area contributed by atoms with Crippen LogP contribution < -0.4 is 5.73 Å². The van der Waals surface area contributed by atoms with Crippen LogP contribution >= 0.6 is 23.1 Å². The number of hydrogen-bond acceptors (Lipinski definition) is 6. The van der Waals surface area contributed by atoms with Gasteiger partial charge >= 0.3 is 0 Å². The number of nitrogen functional groups attached to an aromatic ring is 1. The summed E-state index contributed by atoms with van der Waals surface area (Å²) < 4.78 is 0.944. The fourth-order valence-electron chi connectivity index (χ4n) is 0.762. The smallest absolute Gasteiger partial charge is 0.156 e. The van der Waals surface area contributed by atoms with Crippen molar-refractivity contribution in [2.75, 3.05) is 5.73 Å². The third kappa shape index (κ3) is 2.16. The summed E-state index contributed by atoms with van der Waals surface area (Å²) in [4.78, 5) is 12.1. The first kappa shape index (κ1) is 8.46. The van der Waals surface area contributed by atoms with Crippen molar-refractivity contribution in [3.8, 4) is 0 Å². The molecule has 2 aromatic rings. The number of thiazole rings is 1. The number of hydrogen-bond donors (Lipinski definition) is 1. The second kappa shape index (κ2) is 3.71. The van der Waals surface area contributed by atoms with Crippen molar-refractivity contribution in [3.05, 3.63) is 24.0 Å². The van der Waals surface area contributed by atoms with Crippen LogP contribution in [-0.2, 0) is 0 Å². The molecule has 0 bridgehead atoms. The number of nitrogens with zero attached hydrogens (tertiary/aromatic N) is 3. The Labute approximate surface area is 83.3 Å². The lowest BCUT2D eigenvalue weighted by Crippen LogP contribution is -1.91. The van der Waals surface area contributed by atoms with Gasteiger partial charge in [-0.05, 0) is 11.8 Å². The maximum atomic E-state index is 5.48. The molecule has 0 aliphatic heterocycles. The van der Waals surface area contributed by atoms with Gasteiger partial charge in [-0.3, -0.25) is 4.98 Å².